The minimum Gasteiger partial charge on any atom is -0.377 e. The van der Waals surface area contributed by atoms with Gasteiger partial charge in [0.05, 0.1) is 19.3 Å². The third kappa shape index (κ3) is 3.48. The van der Waals surface area contributed by atoms with Crippen LogP contribution in [0.25, 0.3) is 0 Å². The number of benzene rings is 1. The first-order valence-corrected chi connectivity index (χ1v) is 8.89. The number of amides is 2. The summed E-state index contributed by atoms with van der Waals surface area (Å²) in [4.78, 5) is 26.9. The first-order chi connectivity index (χ1) is 12.7. The number of nitrogens with zero attached hydrogens (tertiary/aromatic N) is 2. The number of hydrogen-bond donors (Lipinski definition) is 1. The fourth-order valence-corrected chi connectivity index (χ4v) is 3.53. The molecule has 7 heteroatoms. The van der Waals surface area contributed by atoms with Gasteiger partial charge < -0.3 is 19.5 Å². The fourth-order valence-electron chi connectivity index (χ4n) is 3.53. The Bertz CT molecular complexity index is 789. The van der Waals surface area contributed by atoms with Crippen molar-refractivity contribution in [1.29, 1.82) is 0 Å². The van der Waals surface area contributed by atoms with Gasteiger partial charge in [-0.25, -0.2) is 0 Å². The van der Waals surface area contributed by atoms with Crippen LogP contribution in [0.1, 0.15) is 34.7 Å². The van der Waals surface area contributed by atoms with E-state index in [2.05, 4.69) is 10.5 Å². The molecule has 1 N–H and O–H groups in total. The van der Waals surface area contributed by atoms with Crippen molar-refractivity contribution < 1.29 is 18.8 Å². The molecule has 7 nitrogen and oxygen atoms in total. The maximum absolute atomic E-state index is 12.6. The molecule has 26 heavy (non-hydrogen) atoms. The summed E-state index contributed by atoms with van der Waals surface area (Å²) in [6.07, 6.45) is 2.49. The van der Waals surface area contributed by atoms with Crippen molar-refractivity contribution in [1.82, 2.24) is 15.4 Å². The molecule has 2 saturated heterocycles. The molecule has 1 aromatic carbocycles. The number of fused-ring (bicyclic) bond motifs is 1. The molecule has 0 spiro atoms. The summed E-state index contributed by atoms with van der Waals surface area (Å²) in [7, 11) is 0. The van der Waals surface area contributed by atoms with Crippen LogP contribution < -0.4 is 5.32 Å². The summed E-state index contributed by atoms with van der Waals surface area (Å²) >= 11 is 0. The molecule has 0 radical (unpaired) electrons. The molecule has 0 aliphatic carbocycles. The van der Waals surface area contributed by atoms with E-state index in [4.69, 9.17) is 9.26 Å². The largest absolute Gasteiger partial charge is 0.377 e. The monoisotopic (exact) mass is 355 g/mol. The van der Waals surface area contributed by atoms with Gasteiger partial charge in [-0.2, -0.15) is 0 Å². The van der Waals surface area contributed by atoms with Crippen LogP contribution in [0.5, 0.6) is 0 Å². The van der Waals surface area contributed by atoms with Crippen molar-refractivity contribution in [2.24, 2.45) is 0 Å². The highest BCUT2D eigenvalue weighted by Gasteiger charge is 2.37. The molecular formula is C19H21N3O4. The fraction of sp³-hybridized carbons (Fsp3) is 0.421. The van der Waals surface area contributed by atoms with Crippen molar-refractivity contribution in [2.45, 2.75) is 31.3 Å². The van der Waals surface area contributed by atoms with E-state index in [0.29, 0.717) is 18.8 Å². The predicted molar refractivity (Wildman–Crippen MR) is 92.6 cm³/mol. The van der Waals surface area contributed by atoms with Gasteiger partial charge in [-0.1, -0.05) is 35.5 Å². The van der Waals surface area contributed by atoms with E-state index in [0.717, 1.165) is 24.9 Å². The maximum Gasteiger partial charge on any atom is 0.274 e. The van der Waals surface area contributed by atoms with Crippen LogP contribution in [-0.2, 0) is 16.0 Å². The third-order valence-corrected chi connectivity index (χ3v) is 4.87. The first kappa shape index (κ1) is 16.8. The van der Waals surface area contributed by atoms with Gasteiger partial charge in [0.25, 0.3) is 5.91 Å². The lowest BCUT2D eigenvalue weighted by molar-refractivity contribution is -0.133. The highest BCUT2D eigenvalue weighted by molar-refractivity contribution is 5.96. The number of carbonyl (C=O) groups excluding carboxylic acids is 2. The standard InChI is InChI=1S/C19H21N3O4/c23-18(16-10-15(26-21-16)9-13-5-2-1-3-6-13)20-17-12-25-11-14-7-4-8-22(14)19(17)24/h1-3,5-6,10,14,17H,4,7-9,11-12H2,(H,20,23)/t14?,17-/m0/s1. The molecule has 2 aromatic rings. The zero-order valence-electron chi connectivity index (χ0n) is 14.4. The molecule has 2 aliphatic heterocycles. The second kappa shape index (κ2) is 7.29. The lowest BCUT2D eigenvalue weighted by Crippen LogP contribution is -2.50. The molecule has 1 aromatic heterocycles. The molecule has 136 valence electrons. The van der Waals surface area contributed by atoms with Gasteiger partial charge in [0.2, 0.25) is 5.91 Å². The molecule has 2 amide bonds. The normalized spacial score (nSPS) is 22.8. The minimum atomic E-state index is -0.681. The molecule has 0 saturated carbocycles. The lowest BCUT2D eigenvalue weighted by Gasteiger charge is -2.23. The Morgan fingerprint density at radius 2 is 2.12 bits per heavy atom. The SMILES string of the molecule is O=C(N[C@H]1COCC2CCCN2C1=O)c1cc(Cc2ccccc2)on1. The Morgan fingerprint density at radius 3 is 2.96 bits per heavy atom. The van der Waals surface area contributed by atoms with Crippen LogP contribution in [0, 0.1) is 0 Å². The molecule has 0 bridgehead atoms. The number of aromatic nitrogens is 1. The lowest BCUT2D eigenvalue weighted by atomic mass is 10.1. The number of nitrogens with one attached hydrogen (secondary N) is 1. The predicted octanol–water partition coefficient (Wildman–Crippen LogP) is 1.38. The van der Waals surface area contributed by atoms with Gasteiger partial charge in [-0.05, 0) is 18.4 Å². The van der Waals surface area contributed by atoms with Crippen LogP contribution in [0.2, 0.25) is 0 Å². The van der Waals surface area contributed by atoms with Gasteiger partial charge >= 0.3 is 0 Å². The van der Waals surface area contributed by atoms with Gasteiger partial charge in [-0.15, -0.1) is 0 Å². The van der Waals surface area contributed by atoms with E-state index < -0.39 is 11.9 Å². The number of hydrogen-bond acceptors (Lipinski definition) is 5. The van der Waals surface area contributed by atoms with Gasteiger partial charge in [0.1, 0.15) is 11.8 Å². The van der Waals surface area contributed by atoms with E-state index in [9.17, 15) is 9.59 Å². The van der Waals surface area contributed by atoms with Gasteiger partial charge in [-0.3, -0.25) is 9.59 Å². The Morgan fingerprint density at radius 1 is 1.27 bits per heavy atom. The van der Waals surface area contributed by atoms with Crippen LogP contribution in [-0.4, -0.2) is 53.7 Å². The third-order valence-electron chi connectivity index (χ3n) is 4.87. The maximum atomic E-state index is 12.6. The van der Waals surface area contributed by atoms with Crippen molar-refractivity contribution in [3.63, 3.8) is 0 Å². The smallest absolute Gasteiger partial charge is 0.274 e. The topological polar surface area (TPSA) is 84.7 Å². The summed E-state index contributed by atoms with van der Waals surface area (Å²) < 4.78 is 10.9. The number of rotatable bonds is 4. The van der Waals surface area contributed by atoms with Crippen molar-refractivity contribution >= 4 is 11.8 Å². The Balaban J connectivity index is 1.41. The summed E-state index contributed by atoms with van der Waals surface area (Å²) in [5.74, 6) is 0.100. The number of carbonyl (C=O) groups is 2. The molecular weight excluding hydrogens is 334 g/mol. The molecule has 2 atom stereocenters. The van der Waals surface area contributed by atoms with E-state index in [1.54, 1.807) is 6.07 Å². The summed E-state index contributed by atoms with van der Waals surface area (Å²) in [5, 5.41) is 6.58. The second-order valence-electron chi connectivity index (χ2n) is 6.73. The zero-order valence-corrected chi connectivity index (χ0v) is 14.4. The van der Waals surface area contributed by atoms with E-state index in [-0.39, 0.29) is 24.2 Å². The van der Waals surface area contributed by atoms with E-state index in [1.807, 2.05) is 35.2 Å². The average Bonchev–Trinajstić information content (AvgIpc) is 3.28. The summed E-state index contributed by atoms with van der Waals surface area (Å²) in [5.41, 5.74) is 1.24. The highest BCUT2D eigenvalue weighted by Crippen LogP contribution is 2.21. The quantitative estimate of drug-likeness (QED) is 0.896. The molecule has 2 aliphatic rings. The molecule has 2 fully saturated rings. The van der Waals surface area contributed by atoms with Crippen LogP contribution in [0.15, 0.2) is 40.9 Å². The number of ether oxygens (including phenoxy) is 1. The Hall–Kier alpha value is -2.67. The van der Waals surface area contributed by atoms with Crippen LogP contribution >= 0.6 is 0 Å². The van der Waals surface area contributed by atoms with Crippen LogP contribution in [0.3, 0.4) is 0 Å². The van der Waals surface area contributed by atoms with E-state index in [1.165, 1.54) is 0 Å². The van der Waals surface area contributed by atoms with Crippen molar-refractivity contribution in [3.8, 4) is 0 Å². The van der Waals surface area contributed by atoms with Crippen LogP contribution in [0.4, 0.5) is 0 Å². The summed E-state index contributed by atoms with van der Waals surface area (Å²) in [6.45, 7) is 1.44. The van der Waals surface area contributed by atoms with Crippen molar-refractivity contribution in [2.75, 3.05) is 19.8 Å². The molecule has 3 heterocycles. The Kier molecular flexibility index (Phi) is 4.71. The zero-order chi connectivity index (χ0) is 17.9. The average molecular weight is 355 g/mol. The Labute approximate surface area is 151 Å². The minimum absolute atomic E-state index is 0.0775. The highest BCUT2D eigenvalue weighted by atomic mass is 16.5. The van der Waals surface area contributed by atoms with Crippen molar-refractivity contribution in [3.05, 3.63) is 53.4 Å². The first-order valence-electron chi connectivity index (χ1n) is 8.89. The summed E-state index contributed by atoms with van der Waals surface area (Å²) in [6, 6.07) is 10.9. The molecule has 1 unspecified atom stereocenters. The van der Waals surface area contributed by atoms with Gasteiger partial charge in [0, 0.05) is 19.0 Å². The van der Waals surface area contributed by atoms with Gasteiger partial charge in [0.15, 0.2) is 5.69 Å². The molecule has 4 rings (SSSR count). The van der Waals surface area contributed by atoms with E-state index >= 15 is 0 Å². The second-order valence-corrected chi connectivity index (χ2v) is 6.73.